The lowest BCUT2D eigenvalue weighted by Crippen LogP contribution is -2.47. The topological polar surface area (TPSA) is 172 Å². The average Bonchev–Trinajstić information content (AvgIpc) is 3.33. The van der Waals surface area contributed by atoms with E-state index >= 15 is 0 Å². The molecule has 2 heterocycles. The number of rotatable bonds is 11. The van der Waals surface area contributed by atoms with E-state index in [0.717, 1.165) is 0 Å². The zero-order valence-electron chi connectivity index (χ0n) is 21.4. The molecule has 4 N–H and O–H groups in total. The lowest BCUT2D eigenvalue weighted by molar-refractivity contribution is -0.0312. The first-order valence-corrected chi connectivity index (χ1v) is 15.4. The van der Waals surface area contributed by atoms with Gasteiger partial charge in [0.1, 0.15) is 18.5 Å². The summed E-state index contributed by atoms with van der Waals surface area (Å²) in [5.74, 6) is -0.863. The maximum absolute atomic E-state index is 13.1. The molecule has 0 saturated carbocycles. The molecule has 0 aromatic heterocycles. The second kappa shape index (κ2) is 11.9. The number of carboxylic acids is 1. The number of aromatic carboxylic acids is 1. The fraction of sp³-hybridized carbons (Fsp3) is 0.480. The Kier molecular flexibility index (Phi) is 8.95. The van der Waals surface area contributed by atoms with Gasteiger partial charge in [0.05, 0.1) is 27.6 Å². The van der Waals surface area contributed by atoms with Crippen molar-refractivity contribution >= 4 is 26.0 Å². The number of hydrogen-bond acceptors (Lipinski definition) is 9. The van der Waals surface area contributed by atoms with E-state index in [1.54, 1.807) is 12.1 Å². The fourth-order valence-corrected chi connectivity index (χ4v) is 7.05. The third kappa shape index (κ3) is 6.95. The maximum Gasteiger partial charge on any atom is 0.335 e. The molecule has 12 nitrogen and oxygen atoms in total. The number of piperidine rings is 1. The Morgan fingerprint density at radius 2 is 1.82 bits per heavy atom. The SMILES string of the molecule is CNS(=O)(=O)c1cccc(OC[C@@H](O)CNC2COC3(CCN(S(=O)(=O)c4cccc(C(=O)O)c4)CC3)C2)c1. The fourth-order valence-electron chi connectivity index (χ4n) is 4.80. The van der Waals surface area contributed by atoms with Crippen molar-refractivity contribution in [2.24, 2.45) is 0 Å². The largest absolute Gasteiger partial charge is 0.491 e. The molecule has 0 aliphatic carbocycles. The number of ether oxygens (including phenoxy) is 2. The highest BCUT2D eigenvalue weighted by atomic mass is 32.2. The Morgan fingerprint density at radius 1 is 1.13 bits per heavy atom. The molecule has 2 fully saturated rings. The molecule has 0 radical (unpaired) electrons. The van der Waals surface area contributed by atoms with Gasteiger partial charge in [-0.15, -0.1) is 0 Å². The second-order valence-electron chi connectivity index (χ2n) is 9.69. The van der Waals surface area contributed by atoms with Gasteiger partial charge in [0.2, 0.25) is 20.0 Å². The minimum absolute atomic E-state index is 0.0286. The van der Waals surface area contributed by atoms with Gasteiger partial charge in [-0.2, -0.15) is 4.31 Å². The van der Waals surface area contributed by atoms with Crippen molar-refractivity contribution in [2.75, 3.05) is 39.9 Å². The molecule has 1 unspecified atom stereocenters. The summed E-state index contributed by atoms with van der Waals surface area (Å²) in [7, 11) is -6.10. The molecule has 214 valence electrons. The van der Waals surface area contributed by atoms with Crippen molar-refractivity contribution in [3.63, 3.8) is 0 Å². The van der Waals surface area contributed by atoms with Crippen LogP contribution in [0.1, 0.15) is 29.6 Å². The summed E-state index contributed by atoms with van der Waals surface area (Å²) in [5.41, 5.74) is -0.548. The van der Waals surface area contributed by atoms with Gasteiger partial charge in [0.25, 0.3) is 0 Å². The minimum Gasteiger partial charge on any atom is -0.491 e. The van der Waals surface area contributed by atoms with E-state index in [0.29, 0.717) is 31.6 Å². The van der Waals surface area contributed by atoms with Gasteiger partial charge in [-0.25, -0.2) is 26.4 Å². The summed E-state index contributed by atoms with van der Waals surface area (Å²) in [6, 6.07) is 11.3. The number of sulfonamides is 2. The van der Waals surface area contributed by atoms with E-state index in [9.17, 15) is 31.8 Å². The van der Waals surface area contributed by atoms with E-state index in [4.69, 9.17) is 9.47 Å². The minimum atomic E-state index is -3.83. The molecule has 2 aromatic rings. The first-order valence-electron chi connectivity index (χ1n) is 12.5. The average molecular weight is 584 g/mol. The maximum atomic E-state index is 13.1. The van der Waals surface area contributed by atoms with Crippen molar-refractivity contribution < 1.29 is 41.3 Å². The molecular formula is C25H33N3O9S2. The van der Waals surface area contributed by atoms with Gasteiger partial charge in [-0.05, 0) is 56.6 Å². The Hall–Kier alpha value is -2.59. The van der Waals surface area contributed by atoms with Crippen LogP contribution in [-0.2, 0) is 24.8 Å². The van der Waals surface area contributed by atoms with Crippen molar-refractivity contribution in [3.05, 3.63) is 54.1 Å². The van der Waals surface area contributed by atoms with Crippen LogP contribution in [0.2, 0.25) is 0 Å². The Morgan fingerprint density at radius 3 is 2.51 bits per heavy atom. The molecule has 14 heteroatoms. The number of hydrogen-bond donors (Lipinski definition) is 4. The zero-order valence-corrected chi connectivity index (χ0v) is 23.1. The molecule has 1 spiro atoms. The predicted octanol–water partition coefficient (Wildman–Crippen LogP) is 0.635. The standard InChI is InChI=1S/C25H33N3O9S2/c1-26-38(32,33)22-6-3-5-21(13-22)36-17-20(29)15-27-19-14-25(37-16-19)8-10-28(11-9-25)39(34,35)23-7-2-4-18(12-23)24(30)31/h2-7,12-13,19-20,26-27,29H,8-11,14-17H2,1H3,(H,30,31)/t19?,20-/m0/s1. The molecule has 0 bridgehead atoms. The summed E-state index contributed by atoms with van der Waals surface area (Å²) in [6.45, 7) is 1.13. The van der Waals surface area contributed by atoms with E-state index in [2.05, 4.69) is 10.0 Å². The molecule has 2 aromatic carbocycles. The summed E-state index contributed by atoms with van der Waals surface area (Å²) < 4.78 is 65.3. The number of nitrogens with zero attached hydrogens (tertiary/aromatic N) is 1. The molecule has 2 atom stereocenters. The Labute approximate surface area is 228 Å². The Bertz CT molecular complexity index is 1390. The molecular weight excluding hydrogens is 550 g/mol. The third-order valence-electron chi connectivity index (χ3n) is 7.03. The number of carbonyl (C=O) groups is 1. The van der Waals surface area contributed by atoms with E-state index in [1.807, 2.05) is 0 Å². The van der Waals surface area contributed by atoms with Gasteiger partial charge < -0.3 is 25.0 Å². The molecule has 39 heavy (non-hydrogen) atoms. The third-order valence-corrected chi connectivity index (χ3v) is 10.3. The van der Waals surface area contributed by atoms with Gasteiger partial charge in [-0.1, -0.05) is 12.1 Å². The van der Waals surface area contributed by atoms with Crippen LogP contribution in [0.15, 0.2) is 58.3 Å². The van der Waals surface area contributed by atoms with Crippen LogP contribution in [0.3, 0.4) is 0 Å². The molecule has 2 saturated heterocycles. The van der Waals surface area contributed by atoms with Crippen molar-refractivity contribution in [3.8, 4) is 5.75 Å². The number of nitrogens with one attached hydrogen (secondary N) is 2. The molecule has 0 amide bonds. The number of carboxylic acid groups (broad SMARTS) is 1. The van der Waals surface area contributed by atoms with Crippen LogP contribution in [0, 0.1) is 0 Å². The highest BCUT2D eigenvalue weighted by Gasteiger charge is 2.44. The zero-order chi connectivity index (χ0) is 28.3. The molecule has 4 rings (SSSR count). The number of benzene rings is 2. The Balaban J connectivity index is 1.24. The van der Waals surface area contributed by atoms with E-state index in [-0.39, 0.29) is 47.6 Å². The van der Waals surface area contributed by atoms with Gasteiger partial charge >= 0.3 is 5.97 Å². The van der Waals surface area contributed by atoms with Gasteiger partial charge in [0, 0.05) is 31.7 Å². The smallest absolute Gasteiger partial charge is 0.335 e. The lowest BCUT2D eigenvalue weighted by Gasteiger charge is -2.38. The van der Waals surface area contributed by atoms with Crippen LogP contribution >= 0.6 is 0 Å². The van der Waals surface area contributed by atoms with Crippen molar-refractivity contribution in [2.45, 2.75) is 46.8 Å². The first kappa shape index (κ1) is 29.4. The lowest BCUT2D eigenvalue weighted by atomic mass is 9.88. The number of aliphatic hydroxyl groups is 1. The van der Waals surface area contributed by atoms with Crippen LogP contribution in [0.25, 0.3) is 0 Å². The van der Waals surface area contributed by atoms with Crippen LogP contribution in [0.4, 0.5) is 0 Å². The number of aliphatic hydroxyl groups excluding tert-OH is 1. The van der Waals surface area contributed by atoms with Crippen LogP contribution in [0.5, 0.6) is 5.75 Å². The summed E-state index contributed by atoms with van der Waals surface area (Å²) in [5, 5.41) is 22.8. The predicted molar refractivity (Wildman–Crippen MR) is 141 cm³/mol. The van der Waals surface area contributed by atoms with Gasteiger partial charge in [0.15, 0.2) is 0 Å². The van der Waals surface area contributed by atoms with E-state index in [1.165, 1.54) is 47.8 Å². The highest BCUT2D eigenvalue weighted by Crippen LogP contribution is 2.37. The second-order valence-corrected chi connectivity index (χ2v) is 13.5. The summed E-state index contributed by atoms with van der Waals surface area (Å²) in [6.07, 6.45) is 0.813. The quantitative estimate of drug-likeness (QED) is 0.294. The normalized spacial score (nSPS) is 20.6. The van der Waals surface area contributed by atoms with Crippen molar-refractivity contribution in [1.82, 2.24) is 14.3 Å². The summed E-state index contributed by atoms with van der Waals surface area (Å²) in [4.78, 5) is 11.3. The van der Waals surface area contributed by atoms with Gasteiger partial charge in [-0.3, -0.25) is 0 Å². The highest BCUT2D eigenvalue weighted by molar-refractivity contribution is 7.89. The monoisotopic (exact) mass is 583 g/mol. The van der Waals surface area contributed by atoms with Crippen LogP contribution in [-0.4, -0.2) is 95.0 Å². The molecule has 2 aliphatic rings. The summed E-state index contributed by atoms with van der Waals surface area (Å²) >= 11 is 0. The van der Waals surface area contributed by atoms with E-state index < -0.39 is 37.7 Å². The first-order chi connectivity index (χ1) is 18.4. The van der Waals surface area contributed by atoms with Crippen molar-refractivity contribution in [1.29, 1.82) is 0 Å². The molecule has 2 aliphatic heterocycles. The van der Waals surface area contributed by atoms with Crippen LogP contribution < -0.4 is 14.8 Å².